The number of aromatic nitrogens is 2. The van der Waals surface area contributed by atoms with E-state index >= 15 is 0 Å². The maximum Gasteiger partial charge on any atom is 0.266 e. The van der Waals surface area contributed by atoms with E-state index < -0.39 is 0 Å². The number of rotatable bonds is 1. The molecule has 3 nitrogen and oxygen atoms in total. The van der Waals surface area contributed by atoms with E-state index in [2.05, 4.69) is 9.97 Å². The van der Waals surface area contributed by atoms with E-state index in [9.17, 15) is 4.79 Å². The average molecular weight is 154 g/mol. The normalized spacial score (nSPS) is 9.30. The zero-order chi connectivity index (χ0) is 7.56. The SMILES string of the molecule is CC(=S)c1cncc(=O)[nH]1. The highest BCUT2D eigenvalue weighted by molar-refractivity contribution is 7.80. The Morgan fingerprint density at radius 2 is 2.40 bits per heavy atom. The second-order valence-electron chi connectivity index (χ2n) is 1.87. The van der Waals surface area contributed by atoms with Gasteiger partial charge in [0.05, 0.1) is 18.1 Å². The van der Waals surface area contributed by atoms with Crippen molar-refractivity contribution in [2.24, 2.45) is 0 Å². The molecule has 1 aromatic rings. The molecule has 0 radical (unpaired) electrons. The number of thiocarbonyl (C=S) groups is 1. The lowest BCUT2D eigenvalue weighted by Crippen LogP contribution is -2.10. The number of H-pyrrole nitrogens is 1. The zero-order valence-electron chi connectivity index (χ0n) is 5.42. The fourth-order valence-corrected chi connectivity index (χ4v) is 0.659. The van der Waals surface area contributed by atoms with Crippen LogP contribution in [0.4, 0.5) is 0 Å². The van der Waals surface area contributed by atoms with Crippen molar-refractivity contribution < 1.29 is 0 Å². The summed E-state index contributed by atoms with van der Waals surface area (Å²) in [4.78, 5) is 17.5. The van der Waals surface area contributed by atoms with Crippen LogP contribution in [0.15, 0.2) is 17.2 Å². The second-order valence-corrected chi connectivity index (χ2v) is 2.48. The van der Waals surface area contributed by atoms with Crippen LogP contribution in [0.5, 0.6) is 0 Å². The molecule has 0 aromatic carbocycles. The maximum atomic E-state index is 10.6. The van der Waals surface area contributed by atoms with Crippen molar-refractivity contribution >= 4 is 17.1 Å². The highest BCUT2D eigenvalue weighted by atomic mass is 32.1. The Bertz CT molecular complexity index is 305. The highest BCUT2D eigenvalue weighted by Gasteiger charge is 1.93. The van der Waals surface area contributed by atoms with E-state index in [1.54, 1.807) is 6.92 Å². The molecular weight excluding hydrogens is 148 g/mol. The molecule has 0 amide bonds. The lowest BCUT2D eigenvalue weighted by Gasteiger charge is -1.92. The van der Waals surface area contributed by atoms with Gasteiger partial charge in [-0.3, -0.25) is 9.78 Å². The van der Waals surface area contributed by atoms with Gasteiger partial charge < -0.3 is 4.98 Å². The molecule has 0 unspecified atom stereocenters. The summed E-state index contributed by atoms with van der Waals surface area (Å²) in [5, 5.41) is 0. The number of nitrogens with zero attached hydrogens (tertiary/aromatic N) is 1. The molecule has 0 saturated carbocycles. The van der Waals surface area contributed by atoms with Gasteiger partial charge in [0.15, 0.2) is 0 Å². The monoisotopic (exact) mass is 154 g/mol. The third-order valence-electron chi connectivity index (χ3n) is 1.03. The molecule has 4 heteroatoms. The summed E-state index contributed by atoms with van der Waals surface area (Å²) in [6.45, 7) is 1.74. The first-order valence-corrected chi connectivity index (χ1v) is 3.16. The minimum Gasteiger partial charge on any atom is -0.319 e. The third kappa shape index (κ3) is 1.48. The van der Waals surface area contributed by atoms with Crippen molar-refractivity contribution in [2.75, 3.05) is 0 Å². The van der Waals surface area contributed by atoms with Gasteiger partial charge in [0.2, 0.25) is 0 Å². The van der Waals surface area contributed by atoms with Crippen LogP contribution in [0.25, 0.3) is 0 Å². The van der Waals surface area contributed by atoms with Gasteiger partial charge in [-0.05, 0) is 6.92 Å². The molecular formula is C6H6N2OS. The molecule has 0 aliphatic rings. The topological polar surface area (TPSA) is 45.8 Å². The fourth-order valence-electron chi connectivity index (χ4n) is 0.556. The lowest BCUT2D eigenvalue weighted by atomic mass is 10.3. The van der Waals surface area contributed by atoms with Gasteiger partial charge in [0, 0.05) is 4.86 Å². The molecule has 0 spiro atoms. The van der Waals surface area contributed by atoms with Crippen molar-refractivity contribution in [1.29, 1.82) is 0 Å². The van der Waals surface area contributed by atoms with Gasteiger partial charge >= 0.3 is 0 Å². The average Bonchev–Trinajstić information content (AvgIpc) is 1.88. The highest BCUT2D eigenvalue weighted by Crippen LogP contribution is 1.89. The standard InChI is InChI=1S/C6H6N2OS/c1-4(10)5-2-7-3-6(9)8-5/h2-3H,1H3,(H,8,9). The molecule has 0 aliphatic carbocycles. The summed E-state index contributed by atoms with van der Waals surface area (Å²) in [5.41, 5.74) is 0.393. The van der Waals surface area contributed by atoms with Gasteiger partial charge in [0.1, 0.15) is 0 Å². The smallest absolute Gasteiger partial charge is 0.266 e. The molecule has 10 heavy (non-hydrogen) atoms. The van der Waals surface area contributed by atoms with Gasteiger partial charge in [-0.15, -0.1) is 0 Å². The molecule has 0 saturated heterocycles. The van der Waals surface area contributed by atoms with E-state index in [0.717, 1.165) is 0 Å². The molecule has 0 atom stereocenters. The van der Waals surface area contributed by atoms with Crippen molar-refractivity contribution in [2.45, 2.75) is 6.92 Å². The summed E-state index contributed by atoms with van der Waals surface area (Å²) in [6, 6.07) is 0. The van der Waals surface area contributed by atoms with Crippen molar-refractivity contribution in [3.63, 3.8) is 0 Å². The van der Waals surface area contributed by atoms with E-state index in [0.29, 0.717) is 10.6 Å². The third-order valence-corrected chi connectivity index (χ3v) is 1.25. The number of aromatic amines is 1. The quantitative estimate of drug-likeness (QED) is 0.473. The minimum atomic E-state index is -0.221. The number of hydrogen-bond donors (Lipinski definition) is 1. The molecule has 0 fully saturated rings. The first-order chi connectivity index (χ1) is 4.70. The van der Waals surface area contributed by atoms with Crippen LogP contribution >= 0.6 is 12.2 Å². The van der Waals surface area contributed by atoms with E-state index in [1.165, 1.54) is 12.4 Å². The molecule has 1 N–H and O–H groups in total. The van der Waals surface area contributed by atoms with Crippen molar-refractivity contribution in [3.8, 4) is 0 Å². The molecule has 0 aliphatic heterocycles. The van der Waals surface area contributed by atoms with Crippen LogP contribution < -0.4 is 5.56 Å². The van der Waals surface area contributed by atoms with Gasteiger partial charge in [-0.1, -0.05) is 12.2 Å². The number of hydrogen-bond acceptors (Lipinski definition) is 3. The van der Waals surface area contributed by atoms with Crippen LogP contribution in [0.1, 0.15) is 12.6 Å². The van der Waals surface area contributed by atoms with Gasteiger partial charge in [-0.2, -0.15) is 0 Å². The first kappa shape index (κ1) is 7.08. The Labute approximate surface area is 63.1 Å². The fraction of sp³-hybridized carbons (Fsp3) is 0.167. The number of nitrogens with one attached hydrogen (secondary N) is 1. The molecule has 1 heterocycles. The van der Waals surface area contributed by atoms with Crippen LogP contribution in [-0.4, -0.2) is 14.8 Å². The Morgan fingerprint density at radius 1 is 1.70 bits per heavy atom. The largest absolute Gasteiger partial charge is 0.319 e. The Morgan fingerprint density at radius 3 is 2.80 bits per heavy atom. The predicted molar refractivity (Wildman–Crippen MR) is 42.2 cm³/mol. The van der Waals surface area contributed by atoms with Crippen LogP contribution in [0.3, 0.4) is 0 Å². The van der Waals surface area contributed by atoms with Crippen LogP contribution in [0, 0.1) is 0 Å². The van der Waals surface area contributed by atoms with E-state index in [1.807, 2.05) is 0 Å². The minimum absolute atomic E-state index is 0.221. The first-order valence-electron chi connectivity index (χ1n) is 2.75. The zero-order valence-corrected chi connectivity index (χ0v) is 6.23. The van der Waals surface area contributed by atoms with Crippen LogP contribution in [-0.2, 0) is 0 Å². The molecule has 0 bridgehead atoms. The summed E-state index contributed by atoms with van der Waals surface area (Å²) in [5.74, 6) is 0. The maximum absolute atomic E-state index is 10.6. The second kappa shape index (κ2) is 2.70. The van der Waals surface area contributed by atoms with Gasteiger partial charge in [-0.25, -0.2) is 0 Å². The molecule has 1 aromatic heterocycles. The van der Waals surface area contributed by atoms with Gasteiger partial charge in [0.25, 0.3) is 5.56 Å². The summed E-state index contributed by atoms with van der Waals surface area (Å²) >= 11 is 4.81. The Balaban J connectivity index is 3.20. The predicted octanol–water partition coefficient (Wildman–Crippen LogP) is 0.508. The molecule has 52 valence electrons. The van der Waals surface area contributed by atoms with Crippen molar-refractivity contribution in [1.82, 2.24) is 9.97 Å². The lowest BCUT2D eigenvalue weighted by molar-refractivity contribution is 1.12. The van der Waals surface area contributed by atoms with E-state index in [4.69, 9.17) is 12.2 Å². The summed E-state index contributed by atoms with van der Waals surface area (Å²) < 4.78 is 0. The Hall–Kier alpha value is -1.03. The van der Waals surface area contributed by atoms with E-state index in [-0.39, 0.29) is 5.56 Å². The summed E-state index contributed by atoms with van der Waals surface area (Å²) in [7, 11) is 0. The summed E-state index contributed by atoms with van der Waals surface area (Å²) in [6.07, 6.45) is 2.74. The molecule has 1 rings (SSSR count). The Kier molecular flexibility index (Phi) is 1.91. The van der Waals surface area contributed by atoms with Crippen LogP contribution in [0.2, 0.25) is 0 Å². The van der Waals surface area contributed by atoms with Crippen molar-refractivity contribution in [3.05, 3.63) is 28.4 Å².